The molecule has 0 amide bonds. The van der Waals surface area contributed by atoms with E-state index in [2.05, 4.69) is 0 Å². The van der Waals surface area contributed by atoms with Crippen LogP contribution in [0.3, 0.4) is 0 Å². The molecular weight excluding hydrogens is 162 g/mol. The summed E-state index contributed by atoms with van der Waals surface area (Å²) in [4.78, 5) is 0. The van der Waals surface area contributed by atoms with Gasteiger partial charge >= 0.3 is 0 Å². The van der Waals surface area contributed by atoms with E-state index < -0.39 is 10.0 Å². The second kappa shape index (κ2) is 3.11. The van der Waals surface area contributed by atoms with Crippen LogP contribution in [-0.2, 0) is 10.0 Å². The highest BCUT2D eigenvalue weighted by Gasteiger charge is 2.37. The average molecular weight is 177 g/mol. The number of hydrogen-bond donors (Lipinski definition) is 1. The van der Waals surface area contributed by atoms with E-state index in [1.807, 2.05) is 6.92 Å². The van der Waals surface area contributed by atoms with E-state index in [4.69, 9.17) is 5.14 Å². The summed E-state index contributed by atoms with van der Waals surface area (Å²) in [6.45, 7) is 1.99. The zero-order valence-electron chi connectivity index (χ0n) is 6.79. The largest absolute Gasteiger partial charge is 0.228 e. The van der Waals surface area contributed by atoms with E-state index in [0.29, 0.717) is 5.92 Å². The van der Waals surface area contributed by atoms with Crippen LogP contribution in [-0.4, -0.2) is 13.7 Å². The van der Waals surface area contributed by atoms with Crippen LogP contribution in [0.2, 0.25) is 0 Å². The summed E-state index contributed by atoms with van der Waals surface area (Å²) in [6.07, 6.45) is 3.71. The number of rotatable bonds is 4. The van der Waals surface area contributed by atoms with Crippen LogP contribution in [0, 0.1) is 5.92 Å². The minimum atomic E-state index is -3.26. The van der Waals surface area contributed by atoms with Crippen LogP contribution in [0.4, 0.5) is 0 Å². The highest BCUT2D eigenvalue weighted by Crippen LogP contribution is 2.37. The van der Waals surface area contributed by atoms with Gasteiger partial charge in [-0.3, -0.25) is 0 Å². The molecule has 0 spiro atoms. The SMILES string of the molecule is CCCC(C1CC1)S(N)(=O)=O. The van der Waals surface area contributed by atoms with Crippen molar-refractivity contribution < 1.29 is 8.42 Å². The molecule has 0 bridgehead atoms. The first-order chi connectivity index (χ1) is 5.05. The summed E-state index contributed by atoms with van der Waals surface area (Å²) in [6, 6.07) is 0. The molecular formula is C7H15NO2S. The van der Waals surface area contributed by atoms with Gasteiger partial charge in [0.15, 0.2) is 0 Å². The van der Waals surface area contributed by atoms with Gasteiger partial charge in [-0.1, -0.05) is 13.3 Å². The molecule has 1 aliphatic rings. The molecule has 0 aromatic carbocycles. The smallest absolute Gasteiger partial charge is 0.212 e. The van der Waals surface area contributed by atoms with Crippen LogP contribution >= 0.6 is 0 Å². The van der Waals surface area contributed by atoms with Gasteiger partial charge in [0.25, 0.3) is 0 Å². The second-order valence-electron chi connectivity index (χ2n) is 3.25. The summed E-state index contributed by atoms with van der Waals surface area (Å²) in [5.74, 6) is 0.366. The zero-order valence-corrected chi connectivity index (χ0v) is 7.60. The predicted octanol–water partition coefficient (Wildman–Crippen LogP) is 0.854. The molecule has 3 nitrogen and oxygen atoms in total. The van der Waals surface area contributed by atoms with Crippen molar-refractivity contribution >= 4 is 10.0 Å². The fraction of sp³-hybridized carbons (Fsp3) is 1.00. The lowest BCUT2D eigenvalue weighted by molar-refractivity contribution is 0.553. The molecule has 0 heterocycles. The lowest BCUT2D eigenvalue weighted by Gasteiger charge is -2.11. The zero-order chi connectivity index (χ0) is 8.48. The minimum Gasteiger partial charge on any atom is -0.228 e. The third kappa shape index (κ3) is 2.45. The molecule has 1 unspecified atom stereocenters. The monoisotopic (exact) mass is 177 g/mol. The number of primary sulfonamides is 1. The Hall–Kier alpha value is -0.0900. The Labute approximate surface area is 68.0 Å². The van der Waals surface area contributed by atoms with Crippen molar-refractivity contribution in [2.75, 3.05) is 0 Å². The number of hydrogen-bond acceptors (Lipinski definition) is 2. The Balaban J connectivity index is 2.59. The van der Waals surface area contributed by atoms with Crippen molar-refractivity contribution in [1.29, 1.82) is 0 Å². The Morgan fingerprint density at radius 2 is 2.09 bits per heavy atom. The maximum Gasteiger partial charge on any atom is 0.212 e. The van der Waals surface area contributed by atoms with Crippen molar-refractivity contribution in [1.82, 2.24) is 0 Å². The van der Waals surface area contributed by atoms with E-state index in [9.17, 15) is 8.42 Å². The standard InChI is InChI=1S/C7H15NO2S/c1-2-3-7(6-4-5-6)11(8,9)10/h6-7H,2-5H2,1H3,(H2,8,9,10). The first-order valence-electron chi connectivity index (χ1n) is 4.07. The van der Waals surface area contributed by atoms with Gasteiger partial charge < -0.3 is 0 Å². The van der Waals surface area contributed by atoms with Gasteiger partial charge in [-0.05, 0) is 25.2 Å². The first kappa shape index (κ1) is 9.00. The number of sulfonamides is 1. The van der Waals surface area contributed by atoms with Gasteiger partial charge in [0.2, 0.25) is 10.0 Å². The van der Waals surface area contributed by atoms with Gasteiger partial charge in [0, 0.05) is 0 Å². The van der Waals surface area contributed by atoms with Crippen LogP contribution < -0.4 is 5.14 Å². The van der Waals surface area contributed by atoms with E-state index >= 15 is 0 Å². The highest BCUT2D eigenvalue weighted by molar-refractivity contribution is 7.89. The summed E-state index contributed by atoms with van der Waals surface area (Å²) in [5, 5.41) is 4.82. The van der Waals surface area contributed by atoms with Gasteiger partial charge in [0.1, 0.15) is 0 Å². The second-order valence-corrected chi connectivity index (χ2v) is 5.04. The van der Waals surface area contributed by atoms with Gasteiger partial charge in [-0.25, -0.2) is 13.6 Å². The summed E-state index contributed by atoms with van der Waals surface area (Å²) in [7, 11) is -3.26. The van der Waals surface area contributed by atoms with Crippen LogP contribution in [0.1, 0.15) is 32.6 Å². The third-order valence-electron chi connectivity index (χ3n) is 2.14. The van der Waals surface area contributed by atoms with Crippen molar-refractivity contribution in [2.24, 2.45) is 11.1 Å². The molecule has 1 rings (SSSR count). The summed E-state index contributed by atoms with van der Waals surface area (Å²) >= 11 is 0. The van der Waals surface area contributed by atoms with Crippen molar-refractivity contribution in [2.45, 2.75) is 37.9 Å². The molecule has 0 aromatic heterocycles. The average Bonchev–Trinajstić information content (AvgIpc) is 2.61. The molecule has 4 heteroatoms. The molecule has 11 heavy (non-hydrogen) atoms. The Bertz CT molecular complexity index is 219. The molecule has 0 saturated heterocycles. The molecule has 1 saturated carbocycles. The molecule has 1 aliphatic carbocycles. The third-order valence-corrected chi connectivity index (χ3v) is 3.61. The van der Waals surface area contributed by atoms with Crippen molar-refractivity contribution in [3.05, 3.63) is 0 Å². The van der Waals surface area contributed by atoms with Crippen LogP contribution in [0.25, 0.3) is 0 Å². The molecule has 1 fully saturated rings. The summed E-state index contributed by atoms with van der Waals surface area (Å²) < 4.78 is 22.0. The maximum absolute atomic E-state index is 11.0. The van der Waals surface area contributed by atoms with Crippen molar-refractivity contribution in [3.63, 3.8) is 0 Å². The predicted molar refractivity (Wildman–Crippen MR) is 44.5 cm³/mol. The van der Waals surface area contributed by atoms with E-state index in [-0.39, 0.29) is 5.25 Å². The molecule has 1 atom stereocenters. The Kier molecular flexibility index (Phi) is 2.54. The minimum absolute atomic E-state index is 0.257. The van der Waals surface area contributed by atoms with E-state index in [0.717, 1.165) is 25.7 Å². The molecule has 0 radical (unpaired) electrons. The molecule has 2 N–H and O–H groups in total. The Morgan fingerprint density at radius 3 is 2.36 bits per heavy atom. The fourth-order valence-corrected chi connectivity index (χ4v) is 2.79. The van der Waals surface area contributed by atoms with Crippen molar-refractivity contribution in [3.8, 4) is 0 Å². The number of nitrogens with two attached hydrogens (primary N) is 1. The maximum atomic E-state index is 11.0. The van der Waals surface area contributed by atoms with E-state index in [1.54, 1.807) is 0 Å². The fourth-order valence-electron chi connectivity index (χ4n) is 1.42. The molecule has 0 aromatic rings. The molecule has 66 valence electrons. The quantitative estimate of drug-likeness (QED) is 0.692. The van der Waals surface area contributed by atoms with Gasteiger partial charge in [0.05, 0.1) is 5.25 Å². The topological polar surface area (TPSA) is 60.2 Å². The lowest BCUT2D eigenvalue weighted by atomic mass is 10.2. The first-order valence-corrected chi connectivity index (χ1v) is 5.68. The Morgan fingerprint density at radius 1 is 1.55 bits per heavy atom. The normalized spacial score (nSPS) is 21.6. The van der Waals surface area contributed by atoms with Crippen LogP contribution in [0.15, 0.2) is 0 Å². The van der Waals surface area contributed by atoms with Gasteiger partial charge in [-0.15, -0.1) is 0 Å². The molecule has 0 aliphatic heterocycles. The van der Waals surface area contributed by atoms with Crippen LogP contribution in [0.5, 0.6) is 0 Å². The summed E-state index contributed by atoms with van der Waals surface area (Å²) in [5.41, 5.74) is 0. The van der Waals surface area contributed by atoms with E-state index in [1.165, 1.54) is 0 Å². The highest BCUT2D eigenvalue weighted by atomic mass is 32.2. The van der Waals surface area contributed by atoms with Gasteiger partial charge in [-0.2, -0.15) is 0 Å². The lowest BCUT2D eigenvalue weighted by Crippen LogP contribution is -2.30.